The molecule has 1 aromatic carbocycles. The van der Waals surface area contributed by atoms with Gasteiger partial charge in [-0.05, 0) is 43.5 Å². The highest BCUT2D eigenvalue weighted by Gasteiger charge is 2.35. The van der Waals surface area contributed by atoms with Gasteiger partial charge in [0.1, 0.15) is 5.75 Å². The maximum absolute atomic E-state index is 12.7. The molecule has 1 unspecified atom stereocenters. The molecule has 1 aromatic rings. The van der Waals surface area contributed by atoms with E-state index in [1.807, 2.05) is 0 Å². The van der Waals surface area contributed by atoms with Crippen molar-refractivity contribution in [3.8, 4) is 5.75 Å². The fraction of sp³-hybridized carbons (Fsp3) is 0.500. The van der Waals surface area contributed by atoms with Gasteiger partial charge in [0, 0.05) is 6.04 Å². The Balaban J connectivity index is 2.28. The van der Waals surface area contributed by atoms with Gasteiger partial charge in [-0.1, -0.05) is 11.6 Å². The van der Waals surface area contributed by atoms with Crippen LogP contribution in [-0.2, 0) is 12.6 Å². The van der Waals surface area contributed by atoms with Crippen LogP contribution in [0.5, 0.6) is 5.75 Å². The molecule has 6 heteroatoms. The van der Waals surface area contributed by atoms with Crippen LogP contribution in [-0.4, -0.2) is 17.7 Å². The van der Waals surface area contributed by atoms with E-state index in [0.717, 1.165) is 25.5 Å². The molecule has 1 aliphatic rings. The van der Waals surface area contributed by atoms with Gasteiger partial charge in [-0.25, -0.2) is 0 Å². The first-order valence-electron chi connectivity index (χ1n) is 5.70. The first kappa shape index (κ1) is 13.5. The average Bonchev–Trinajstić information content (AvgIpc) is 2.74. The Morgan fingerprint density at radius 2 is 2.11 bits per heavy atom. The molecular weight excluding hydrogens is 267 g/mol. The molecule has 0 amide bonds. The summed E-state index contributed by atoms with van der Waals surface area (Å²) < 4.78 is 38.1. The third-order valence-electron chi connectivity index (χ3n) is 3.07. The zero-order valence-corrected chi connectivity index (χ0v) is 10.3. The highest BCUT2D eigenvalue weighted by molar-refractivity contribution is 6.32. The number of hydrogen-bond donors (Lipinski definition) is 2. The van der Waals surface area contributed by atoms with E-state index >= 15 is 0 Å². The lowest BCUT2D eigenvalue weighted by molar-refractivity contribution is -0.138. The molecule has 1 fully saturated rings. The fourth-order valence-corrected chi connectivity index (χ4v) is 2.45. The van der Waals surface area contributed by atoms with Crippen LogP contribution in [0, 0.1) is 0 Å². The highest BCUT2D eigenvalue weighted by atomic mass is 35.5. The van der Waals surface area contributed by atoms with Crippen molar-refractivity contribution in [1.82, 2.24) is 5.32 Å². The number of benzene rings is 1. The van der Waals surface area contributed by atoms with Crippen molar-refractivity contribution in [2.24, 2.45) is 0 Å². The second-order valence-corrected chi connectivity index (χ2v) is 4.88. The van der Waals surface area contributed by atoms with Crippen molar-refractivity contribution in [2.75, 3.05) is 6.54 Å². The minimum Gasteiger partial charge on any atom is -0.506 e. The standard InChI is InChI=1S/C12H13ClF3NO/c13-10-6-7(4-8-2-1-3-17-8)5-9(11(10)18)12(14,15)16/h5-6,8,17-18H,1-4H2. The summed E-state index contributed by atoms with van der Waals surface area (Å²) in [5.74, 6) is -0.896. The molecule has 2 rings (SSSR count). The molecular formula is C12H13ClF3NO. The van der Waals surface area contributed by atoms with Gasteiger partial charge in [0.05, 0.1) is 10.6 Å². The zero-order chi connectivity index (χ0) is 13.3. The Hall–Kier alpha value is -0.940. The molecule has 18 heavy (non-hydrogen) atoms. The average molecular weight is 280 g/mol. The number of rotatable bonds is 2. The van der Waals surface area contributed by atoms with Gasteiger partial charge in [-0.3, -0.25) is 0 Å². The van der Waals surface area contributed by atoms with E-state index < -0.39 is 17.5 Å². The van der Waals surface area contributed by atoms with Crippen molar-refractivity contribution in [3.05, 3.63) is 28.3 Å². The summed E-state index contributed by atoms with van der Waals surface area (Å²) in [6, 6.07) is 2.56. The first-order valence-corrected chi connectivity index (χ1v) is 6.07. The maximum atomic E-state index is 12.7. The number of halogens is 4. The molecule has 0 aliphatic carbocycles. The van der Waals surface area contributed by atoms with E-state index in [1.165, 1.54) is 6.07 Å². The van der Waals surface area contributed by atoms with Gasteiger partial charge < -0.3 is 10.4 Å². The predicted molar refractivity (Wildman–Crippen MR) is 62.8 cm³/mol. The zero-order valence-electron chi connectivity index (χ0n) is 9.52. The Labute approximate surface area is 108 Å². The summed E-state index contributed by atoms with van der Waals surface area (Å²) in [6.45, 7) is 0.891. The minimum absolute atomic E-state index is 0.187. The number of nitrogens with one attached hydrogen (secondary N) is 1. The van der Waals surface area contributed by atoms with Crippen LogP contribution in [0.1, 0.15) is 24.0 Å². The number of hydrogen-bond acceptors (Lipinski definition) is 2. The molecule has 2 nitrogen and oxygen atoms in total. The fourth-order valence-electron chi connectivity index (χ4n) is 2.20. The van der Waals surface area contributed by atoms with Crippen LogP contribution in [0.4, 0.5) is 13.2 Å². The second-order valence-electron chi connectivity index (χ2n) is 4.47. The molecule has 0 radical (unpaired) electrons. The quantitative estimate of drug-likeness (QED) is 0.870. The van der Waals surface area contributed by atoms with E-state index in [4.69, 9.17) is 11.6 Å². The number of phenols is 1. The summed E-state index contributed by atoms with van der Waals surface area (Å²) in [5, 5.41) is 12.3. The summed E-state index contributed by atoms with van der Waals surface area (Å²) in [5.41, 5.74) is -0.576. The molecule has 0 bridgehead atoms. The number of alkyl halides is 3. The third-order valence-corrected chi connectivity index (χ3v) is 3.36. The van der Waals surface area contributed by atoms with Crippen LogP contribution in [0.2, 0.25) is 5.02 Å². The minimum atomic E-state index is -4.59. The van der Waals surface area contributed by atoms with Gasteiger partial charge in [0.15, 0.2) is 0 Å². The number of aromatic hydroxyl groups is 1. The van der Waals surface area contributed by atoms with Gasteiger partial charge in [-0.15, -0.1) is 0 Å². The van der Waals surface area contributed by atoms with Crippen molar-refractivity contribution in [3.63, 3.8) is 0 Å². The molecule has 0 saturated carbocycles. The van der Waals surface area contributed by atoms with Crippen molar-refractivity contribution < 1.29 is 18.3 Å². The van der Waals surface area contributed by atoms with Crippen molar-refractivity contribution in [1.29, 1.82) is 0 Å². The topological polar surface area (TPSA) is 32.3 Å². The molecule has 2 N–H and O–H groups in total. The summed E-state index contributed by atoms with van der Waals surface area (Å²) >= 11 is 5.64. The molecule has 100 valence electrons. The van der Waals surface area contributed by atoms with Gasteiger partial charge in [-0.2, -0.15) is 13.2 Å². The predicted octanol–water partition coefficient (Wildman–Crippen LogP) is 3.36. The normalized spacial score (nSPS) is 20.3. The maximum Gasteiger partial charge on any atom is 0.420 e. The van der Waals surface area contributed by atoms with E-state index in [0.29, 0.717) is 12.0 Å². The lowest BCUT2D eigenvalue weighted by Gasteiger charge is -2.15. The molecule has 0 aromatic heterocycles. The third kappa shape index (κ3) is 2.90. The van der Waals surface area contributed by atoms with Crippen LogP contribution in [0.25, 0.3) is 0 Å². The van der Waals surface area contributed by atoms with E-state index in [-0.39, 0.29) is 11.1 Å². The monoisotopic (exact) mass is 279 g/mol. The molecule has 1 aliphatic heterocycles. The summed E-state index contributed by atoms with van der Waals surface area (Å²) in [6.07, 6.45) is -2.13. The molecule has 0 spiro atoms. The van der Waals surface area contributed by atoms with E-state index in [9.17, 15) is 18.3 Å². The van der Waals surface area contributed by atoms with Crippen LogP contribution in [0.15, 0.2) is 12.1 Å². The molecule has 1 heterocycles. The van der Waals surface area contributed by atoms with Crippen LogP contribution < -0.4 is 5.32 Å². The van der Waals surface area contributed by atoms with Crippen LogP contribution in [0.3, 0.4) is 0 Å². The van der Waals surface area contributed by atoms with E-state index in [2.05, 4.69) is 5.32 Å². The lowest BCUT2D eigenvalue weighted by atomic mass is 10.0. The smallest absolute Gasteiger partial charge is 0.420 e. The van der Waals surface area contributed by atoms with Crippen molar-refractivity contribution >= 4 is 11.6 Å². The van der Waals surface area contributed by atoms with Crippen molar-refractivity contribution in [2.45, 2.75) is 31.5 Å². The van der Waals surface area contributed by atoms with Gasteiger partial charge >= 0.3 is 6.18 Å². The second kappa shape index (κ2) is 4.97. The largest absolute Gasteiger partial charge is 0.506 e. The lowest BCUT2D eigenvalue weighted by Crippen LogP contribution is -2.23. The molecule has 1 saturated heterocycles. The Morgan fingerprint density at radius 3 is 2.67 bits per heavy atom. The summed E-state index contributed by atoms with van der Waals surface area (Å²) in [4.78, 5) is 0. The summed E-state index contributed by atoms with van der Waals surface area (Å²) in [7, 11) is 0. The van der Waals surface area contributed by atoms with Crippen LogP contribution >= 0.6 is 11.6 Å². The first-order chi connectivity index (χ1) is 8.38. The SMILES string of the molecule is Oc1c(Cl)cc(CC2CCCN2)cc1C(F)(F)F. The Bertz CT molecular complexity index is 442. The number of phenolic OH excluding ortho intramolecular Hbond substituents is 1. The molecule has 1 atom stereocenters. The van der Waals surface area contributed by atoms with Gasteiger partial charge in [0.25, 0.3) is 0 Å². The Morgan fingerprint density at radius 1 is 1.39 bits per heavy atom. The Kier molecular flexibility index (Phi) is 3.73. The highest BCUT2D eigenvalue weighted by Crippen LogP contribution is 2.40. The van der Waals surface area contributed by atoms with Gasteiger partial charge in [0.2, 0.25) is 0 Å². The van der Waals surface area contributed by atoms with E-state index in [1.54, 1.807) is 0 Å².